The van der Waals surface area contributed by atoms with E-state index in [1.54, 1.807) is 30.2 Å². The van der Waals surface area contributed by atoms with E-state index in [1.807, 2.05) is 38.1 Å². The fraction of sp³-hybridized carbons (Fsp3) is 0.391. The van der Waals surface area contributed by atoms with Gasteiger partial charge in [0, 0.05) is 24.9 Å². The van der Waals surface area contributed by atoms with E-state index in [0.717, 1.165) is 11.3 Å². The largest absolute Gasteiger partial charge is 0.497 e. The van der Waals surface area contributed by atoms with Crippen molar-refractivity contribution in [1.82, 2.24) is 4.90 Å². The van der Waals surface area contributed by atoms with E-state index < -0.39 is 0 Å². The topological polar surface area (TPSA) is 51.1 Å². The summed E-state index contributed by atoms with van der Waals surface area (Å²) < 4.78 is 19.3. The summed E-state index contributed by atoms with van der Waals surface area (Å²) in [5.74, 6) is 0.747. The monoisotopic (exact) mass is 398 g/mol. The van der Waals surface area contributed by atoms with Gasteiger partial charge in [0.1, 0.15) is 11.6 Å². The van der Waals surface area contributed by atoms with Crippen LogP contribution >= 0.6 is 0 Å². The molecule has 0 aliphatic carbocycles. The van der Waals surface area contributed by atoms with Gasteiger partial charge in [-0.05, 0) is 29.7 Å². The molecule has 0 aromatic heterocycles. The molecule has 0 spiro atoms. The van der Waals surface area contributed by atoms with Crippen LogP contribution in [-0.2, 0) is 16.2 Å². The molecule has 3 rings (SSSR count). The summed E-state index contributed by atoms with van der Waals surface area (Å²) in [6.07, 6.45) is 0.619. The van der Waals surface area contributed by atoms with Gasteiger partial charge < -0.3 is 14.5 Å². The van der Waals surface area contributed by atoms with Crippen molar-refractivity contribution in [3.05, 3.63) is 65.5 Å². The number of halogens is 1. The summed E-state index contributed by atoms with van der Waals surface area (Å²) in [7, 11) is 1.62. The number of carbonyl (C=O) groups excluding carboxylic acids is 1. The van der Waals surface area contributed by atoms with Gasteiger partial charge in [0.05, 0.1) is 19.4 Å². The minimum atomic E-state index is -0.320. The van der Waals surface area contributed by atoms with E-state index in [9.17, 15) is 9.18 Å². The third-order valence-corrected chi connectivity index (χ3v) is 4.78. The van der Waals surface area contributed by atoms with Crippen molar-refractivity contribution in [1.29, 1.82) is 0 Å². The lowest BCUT2D eigenvalue weighted by Crippen LogP contribution is -2.37. The fourth-order valence-electron chi connectivity index (χ4n) is 3.35. The van der Waals surface area contributed by atoms with Crippen molar-refractivity contribution < 1.29 is 18.8 Å². The van der Waals surface area contributed by atoms with E-state index in [0.29, 0.717) is 37.2 Å². The van der Waals surface area contributed by atoms with E-state index in [2.05, 4.69) is 5.16 Å². The van der Waals surface area contributed by atoms with Crippen molar-refractivity contribution >= 4 is 11.6 Å². The Morgan fingerprint density at radius 1 is 1.28 bits per heavy atom. The standard InChI is InChI=1S/C23H27FN2O3/c1-16(2)11-23(27)26(14-17-7-6-8-18(12-17)28-3)15-19-13-22(25-29-19)20-9-4-5-10-21(20)24/h4-10,12,16,19H,11,13-15H2,1-3H3/t19-/m1/s1. The highest BCUT2D eigenvalue weighted by molar-refractivity contribution is 6.01. The number of carbonyl (C=O) groups is 1. The van der Waals surface area contributed by atoms with Gasteiger partial charge >= 0.3 is 0 Å². The molecule has 6 heteroatoms. The van der Waals surface area contributed by atoms with E-state index in [-0.39, 0.29) is 23.7 Å². The number of hydrogen-bond acceptors (Lipinski definition) is 4. The lowest BCUT2D eigenvalue weighted by atomic mass is 10.0. The summed E-state index contributed by atoms with van der Waals surface area (Å²) in [6.45, 7) is 4.89. The Kier molecular flexibility index (Phi) is 6.86. The molecule has 0 N–H and O–H groups in total. The maximum absolute atomic E-state index is 14.0. The molecule has 2 aromatic carbocycles. The molecule has 5 nitrogen and oxygen atoms in total. The third-order valence-electron chi connectivity index (χ3n) is 4.78. The summed E-state index contributed by atoms with van der Waals surface area (Å²) >= 11 is 0. The summed E-state index contributed by atoms with van der Waals surface area (Å²) in [5, 5.41) is 4.07. The van der Waals surface area contributed by atoms with Crippen LogP contribution in [0.2, 0.25) is 0 Å². The van der Waals surface area contributed by atoms with Crippen LogP contribution < -0.4 is 4.74 Å². The molecule has 0 saturated carbocycles. The molecule has 1 aliphatic rings. The quantitative estimate of drug-likeness (QED) is 0.662. The van der Waals surface area contributed by atoms with Crippen LogP contribution in [0.25, 0.3) is 0 Å². The first-order valence-corrected chi connectivity index (χ1v) is 9.84. The van der Waals surface area contributed by atoms with Gasteiger partial charge in [-0.2, -0.15) is 0 Å². The van der Waals surface area contributed by atoms with Crippen molar-refractivity contribution in [3.63, 3.8) is 0 Å². The second-order valence-corrected chi connectivity index (χ2v) is 7.67. The van der Waals surface area contributed by atoms with Crippen LogP contribution in [0.1, 0.15) is 37.8 Å². The van der Waals surface area contributed by atoms with Gasteiger partial charge in [-0.15, -0.1) is 0 Å². The smallest absolute Gasteiger partial charge is 0.223 e. The average Bonchev–Trinajstić information content (AvgIpc) is 3.16. The molecular formula is C23H27FN2O3. The lowest BCUT2D eigenvalue weighted by molar-refractivity contribution is -0.134. The number of methoxy groups -OCH3 is 1. The van der Waals surface area contributed by atoms with Crippen LogP contribution in [0, 0.1) is 11.7 Å². The fourth-order valence-corrected chi connectivity index (χ4v) is 3.35. The van der Waals surface area contributed by atoms with E-state index >= 15 is 0 Å². The zero-order valence-electron chi connectivity index (χ0n) is 17.1. The maximum atomic E-state index is 14.0. The predicted octanol–water partition coefficient (Wildman–Crippen LogP) is 4.40. The second kappa shape index (κ2) is 9.54. The second-order valence-electron chi connectivity index (χ2n) is 7.67. The Labute approximate surface area is 171 Å². The molecule has 0 unspecified atom stereocenters. The number of rotatable bonds is 8. The SMILES string of the molecule is COc1cccc(CN(C[C@H]2CC(c3ccccc3F)=NO2)C(=O)CC(C)C)c1. The third kappa shape index (κ3) is 5.56. The van der Waals surface area contributed by atoms with Crippen LogP contribution in [0.5, 0.6) is 5.75 Å². The molecule has 0 bridgehead atoms. The zero-order valence-corrected chi connectivity index (χ0v) is 17.1. The highest BCUT2D eigenvalue weighted by atomic mass is 19.1. The Morgan fingerprint density at radius 2 is 2.07 bits per heavy atom. The number of amides is 1. The van der Waals surface area contributed by atoms with E-state index in [4.69, 9.17) is 9.57 Å². The molecule has 2 aromatic rings. The van der Waals surface area contributed by atoms with Crippen LogP contribution in [-0.4, -0.2) is 36.3 Å². The number of hydrogen-bond donors (Lipinski definition) is 0. The highest BCUT2D eigenvalue weighted by Crippen LogP contribution is 2.22. The van der Waals surface area contributed by atoms with Crippen molar-refractivity contribution in [2.45, 2.75) is 39.3 Å². The predicted molar refractivity (Wildman–Crippen MR) is 110 cm³/mol. The van der Waals surface area contributed by atoms with Crippen LogP contribution in [0.4, 0.5) is 4.39 Å². The van der Waals surface area contributed by atoms with E-state index in [1.165, 1.54) is 6.07 Å². The Bertz CT molecular complexity index is 882. The van der Waals surface area contributed by atoms with Crippen LogP contribution in [0.15, 0.2) is 53.7 Å². The lowest BCUT2D eigenvalue weighted by Gasteiger charge is -2.26. The Balaban J connectivity index is 1.70. The minimum absolute atomic E-state index is 0.0609. The van der Waals surface area contributed by atoms with Crippen molar-refractivity contribution in [2.75, 3.05) is 13.7 Å². The number of nitrogens with zero attached hydrogens (tertiary/aromatic N) is 2. The van der Waals surface area contributed by atoms with Crippen molar-refractivity contribution in [3.8, 4) is 5.75 Å². The maximum Gasteiger partial charge on any atom is 0.223 e. The van der Waals surface area contributed by atoms with Gasteiger partial charge in [0.25, 0.3) is 0 Å². The average molecular weight is 398 g/mol. The molecule has 0 saturated heterocycles. The summed E-state index contributed by atoms with van der Waals surface area (Å²) in [6, 6.07) is 14.2. The molecule has 1 aliphatic heterocycles. The number of ether oxygens (including phenoxy) is 1. The molecule has 1 heterocycles. The molecule has 0 radical (unpaired) electrons. The first-order valence-electron chi connectivity index (χ1n) is 9.84. The number of oxime groups is 1. The Morgan fingerprint density at radius 3 is 2.79 bits per heavy atom. The molecule has 0 fully saturated rings. The summed E-state index contributed by atoms with van der Waals surface area (Å²) in [4.78, 5) is 20.2. The van der Waals surface area contributed by atoms with Gasteiger partial charge in [-0.1, -0.05) is 49.3 Å². The molecule has 29 heavy (non-hydrogen) atoms. The minimum Gasteiger partial charge on any atom is -0.497 e. The van der Waals surface area contributed by atoms with Crippen molar-refractivity contribution in [2.24, 2.45) is 11.1 Å². The highest BCUT2D eigenvalue weighted by Gasteiger charge is 2.28. The first kappa shape index (κ1) is 20.8. The van der Waals surface area contributed by atoms with Gasteiger partial charge in [-0.3, -0.25) is 4.79 Å². The summed E-state index contributed by atoms with van der Waals surface area (Å²) in [5.41, 5.74) is 2.00. The van der Waals surface area contributed by atoms with Gasteiger partial charge in [0.2, 0.25) is 5.91 Å². The molecule has 1 atom stereocenters. The first-order chi connectivity index (χ1) is 14.0. The van der Waals surface area contributed by atoms with Gasteiger partial charge in [-0.25, -0.2) is 4.39 Å². The normalized spacial score (nSPS) is 15.8. The molecule has 154 valence electrons. The molecular weight excluding hydrogens is 371 g/mol. The zero-order chi connectivity index (χ0) is 20.8. The van der Waals surface area contributed by atoms with Crippen LogP contribution in [0.3, 0.4) is 0 Å². The Hall–Kier alpha value is -2.89. The van der Waals surface area contributed by atoms with Gasteiger partial charge in [0.15, 0.2) is 6.10 Å². The molecule has 1 amide bonds. The number of benzene rings is 2.